The molecule has 1 heterocycles. The third kappa shape index (κ3) is 1.86. The van der Waals surface area contributed by atoms with Gasteiger partial charge in [-0.25, -0.2) is 4.79 Å². The van der Waals surface area contributed by atoms with Gasteiger partial charge in [0.15, 0.2) is 0 Å². The van der Waals surface area contributed by atoms with Gasteiger partial charge < -0.3 is 9.63 Å². The first-order valence-electron chi connectivity index (χ1n) is 2.24. The Labute approximate surface area is 68.6 Å². The number of aromatic carboxylic acids is 1. The van der Waals surface area contributed by atoms with Crippen LogP contribution in [0, 0.1) is 6.92 Å². The third-order valence-corrected chi connectivity index (χ3v) is 0.719. The molecule has 0 saturated heterocycles. The Kier molecular flexibility index (Phi) is 3.13. The molecule has 0 bridgehead atoms. The molecule has 1 rings (SSSR count). The number of carboxylic acid groups (broad SMARTS) is 1. The summed E-state index contributed by atoms with van der Waals surface area (Å²) in [6.07, 6.45) is 0. The smallest absolute Gasteiger partial charge is 0.377 e. The van der Waals surface area contributed by atoms with Crippen molar-refractivity contribution >= 4 is 24.8 Å². The molecular formula is C4H4LiN2O3. The molecule has 0 aliphatic heterocycles. The standard InChI is InChI=1S/C4H4N2O3.Li/c1-2-5-3(4(7)8)6-9-2;/h1H3,(H,7,8);. The molecule has 1 radical (unpaired) electrons. The number of carbonyl (C=O) groups is 1. The van der Waals surface area contributed by atoms with E-state index in [-0.39, 0.29) is 30.6 Å². The van der Waals surface area contributed by atoms with E-state index in [9.17, 15) is 4.79 Å². The minimum atomic E-state index is -1.17. The van der Waals surface area contributed by atoms with Crippen LogP contribution in [0.25, 0.3) is 0 Å². The second kappa shape index (κ2) is 3.39. The van der Waals surface area contributed by atoms with Gasteiger partial charge in [-0.05, 0) is 5.16 Å². The fourth-order valence-corrected chi connectivity index (χ4v) is 0.386. The van der Waals surface area contributed by atoms with Crippen LogP contribution in [-0.4, -0.2) is 40.1 Å². The number of hydrogen-bond acceptors (Lipinski definition) is 4. The van der Waals surface area contributed by atoms with Crippen LogP contribution in [0.5, 0.6) is 0 Å². The van der Waals surface area contributed by atoms with Crippen molar-refractivity contribution in [1.29, 1.82) is 0 Å². The van der Waals surface area contributed by atoms with E-state index >= 15 is 0 Å². The van der Waals surface area contributed by atoms with Crippen molar-refractivity contribution < 1.29 is 14.4 Å². The van der Waals surface area contributed by atoms with Gasteiger partial charge >= 0.3 is 5.97 Å². The van der Waals surface area contributed by atoms with Crippen molar-refractivity contribution in [1.82, 2.24) is 10.1 Å². The summed E-state index contributed by atoms with van der Waals surface area (Å²) in [4.78, 5) is 13.5. The monoisotopic (exact) mass is 135 g/mol. The molecule has 49 valence electrons. The molecule has 10 heavy (non-hydrogen) atoms. The number of nitrogens with zero attached hydrogens (tertiary/aromatic N) is 2. The topological polar surface area (TPSA) is 76.2 Å². The van der Waals surface area contributed by atoms with Crippen molar-refractivity contribution in [2.75, 3.05) is 0 Å². The molecule has 0 atom stereocenters. The van der Waals surface area contributed by atoms with Crippen LogP contribution in [0.15, 0.2) is 4.52 Å². The molecule has 1 aromatic rings. The molecule has 5 nitrogen and oxygen atoms in total. The van der Waals surface area contributed by atoms with Gasteiger partial charge in [-0.2, -0.15) is 4.98 Å². The Morgan fingerprint density at radius 1 is 1.70 bits per heavy atom. The molecule has 0 aliphatic carbocycles. The maximum atomic E-state index is 10.0. The molecule has 0 aliphatic rings. The summed E-state index contributed by atoms with van der Waals surface area (Å²) in [7, 11) is 0. The van der Waals surface area contributed by atoms with E-state index < -0.39 is 5.97 Å². The molecule has 1 aromatic heterocycles. The summed E-state index contributed by atoms with van der Waals surface area (Å²) >= 11 is 0. The SMILES string of the molecule is Cc1nc(C(=O)O)no1.[Li]. The van der Waals surface area contributed by atoms with Crippen LogP contribution in [0.1, 0.15) is 16.5 Å². The number of aryl methyl sites for hydroxylation is 1. The van der Waals surface area contributed by atoms with E-state index in [4.69, 9.17) is 5.11 Å². The van der Waals surface area contributed by atoms with Crippen LogP contribution in [0.4, 0.5) is 0 Å². The fraction of sp³-hybridized carbons (Fsp3) is 0.250. The van der Waals surface area contributed by atoms with Gasteiger partial charge in [0.2, 0.25) is 5.89 Å². The molecule has 1 N–H and O–H groups in total. The largest absolute Gasteiger partial charge is 0.475 e. The maximum absolute atomic E-state index is 10.0. The Balaban J connectivity index is 0.000000810. The van der Waals surface area contributed by atoms with Crippen molar-refractivity contribution in [2.45, 2.75) is 6.92 Å². The molecule has 0 fully saturated rings. The summed E-state index contributed by atoms with van der Waals surface area (Å²) in [6.45, 7) is 1.53. The van der Waals surface area contributed by atoms with Gasteiger partial charge in [0.1, 0.15) is 0 Å². The molecule has 0 aromatic carbocycles. The zero-order chi connectivity index (χ0) is 6.85. The van der Waals surface area contributed by atoms with E-state index in [0.717, 1.165) is 0 Å². The predicted molar refractivity (Wildman–Crippen MR) is 31.7 cm³/mol. The molecular weight excluding hydrogens is 131 g/mol. The summed E-state index contributed by atoms with van der Waals surface area (Å²) in [5.74, 6) is -1.22. The van der Waals surface area contributed by atoms with Crippen LogP contribution in [0.3, 0.4) is 0 Å². The maximum Gasteiger partial charge on any atom is 0.377 e. The van der Waals surface area contributed by atoms with Gasteiger partial charge in [-0.3, -0.25) is 0 Å². The predicted octanol–water partition coefficient (Wildman–Crippen LogP) is -0.305. The van der Waals surface area contributed by atoms with Crippen molar-refractivity contribution in [2.24, 2.45) is 0 Å². The number of aromatic nitrogens is 2. The minimum absolute atomic E-state index is 0. The molecule has 6 heteroatoms. The number of carboxylic acids is 1. The van der Waals surface area contributed by atoms with Crippen molar-refractivity contribution in [3.63, 3.8) is 0 Å². The summed E-state index contributed by atoms with van der Waals surface area (Å²) in [5, 5.41) is 11.3. The molecule has 0 unspecified atom stereocenters. The van der Waals surface area contributed by atoms with Crippen molar-refractivity contribution in [3.8, 4) is 0 Å². The van der Waals surface area contributed by atoms with Gasteiger partial charge in [0, 0.05) is 25.8 Å². The Morgan fingerprint density at radius 2 is 2.30 bits per heavy atom. The van der Waals surface area contributed by atoms with E-state index in [1.807, 2.05) is 0 Å². The molecule has 0 spiro atoms. The first-order chi connectivity index (χ1) is 4.20. The third-order valence-electron chi connectivity index (χ3n) is 0.719. The zero-order valence-corrected chi connectivity index (χ0v) is 5.66. The van der Waals surface area contributed by atoms with E-state index in [1.165, 1.54) is 6.92 Å². The second-order valence-electron chi connectivity index (χ2n) is 1.44. The summed E-state index contributed by atoms with van der Waals surface area (Å²) < 4.78 is 4.38. The Morgan fingerprint density at radius 3 is 2.50 bits per heavy atom. The Hall–Kier alpha value is -0.793. The van der Waals surface area contributed by atoms with Crippen molar-refractivity contribution in [3.05, 3.63) is 11.7 Å². The average Bonchev–Trinajstić information content (AvgIpc) is 2.14. The van der Waals surface area contributed by atoms with E-state index in [2.05, 4.69) is 14.7 Å². The van der Waals surface area contributed by atoms with E-state index in [1.54, 1.807) is 0 Å². The van der Waals surface area contributed by atoms with Crippen LogP contribution >= 0.6 is 0 Å². The van der Waals surface area contributed by atoms with E-state index in [0.29, 0.717) is 0 Å². The van der Waals surface area contributed by atoms with Gasteiger partial charge in [0.05, 0.1) is 0 Å². The van der Waals surface area contributed by atoms with Gasteiger partial charge in [0.25, 0.3) is 5.82 Å². The first-order valence-corrected chi connectivity index (χ1v) is 2.24. The van der Waals surface area contributed by atoms with Gasteiger partial charge in [-0.1, -0.05) is 0 Å². The van der Waals surface area contributed by atoms with Crippen LogP contribution in [-0.2, 0) is 0 Å². The van der Waals surface area contributed by atoms with Crippen LogP contribution < -0.4 is 0 Å². The first kappa shape index (κ1) is 9.21. The number of hydrogen-bond donors (Lipinski definition) is 1. The van der Waals surface area contributed by atoms with Crippen LogP contribution in [0.2, 0.25) is 0 Å². The molecule has 0 saturated carbocycles. The quantitative estimate of drug-likeness (QED) is 0.534. The fourth-order valence-electron chi connectivity index (χ4n) is 0.386. The minimum Gasteiger partial charge on any atom is -0.475 e. The summed E-state index contributed by atoms with van der Waals surface area (Å²) in [5.41, 5.74) is 0. The average molecular weight is 135 g/mol. The normalized spacial score (nSPS) is 8.50. The molecule has 0 amide bonds. The number of rotatable bonds is 1. The summed E-state index contributed by atoms with van der Waals surface area (Å²) in [6, 6.07) is 0. The van der Waals surface area contributed by atoms with Gasteiger partial charge in [-0.15, -0.1) is 0 Å². The second-order valence-corrected chi connectivity index (χ2v) is 1.44. The zero-order valence-electron chi connectivity index (χ0n) is 5.66. The Bertz CT molecular complexity index is 234.